The van der Waals surface area contributed by atoms with Crippen LogP contribution in [0.3, 0.4) is 0 Å². The molecular weight excluding hydrogens is 488 g/mol. The lowest BCUT2D eigenvalue weighted by atomic mass is 9.62. The first-order valence-electron chi connectivity index (χ1n) is 13.4. The van der Waals surface area contributed by atoms with Crippen molar-refractivity contribution in [1.82, 2.24) is 8.96 Å². The van der Waals surface area contributed by atoms with E-state index in [1.54, 1.807) is 24.1 Å². The number of aromatic carboxylic acids is 1. The highest BCUT2D eigenvalue weighted by Gasteiger charge is 2.39. The van der Waals surface area contributed by atoms with Crippen LogP contribution in [0.15, 0.2) is 67.1 Å². The highest BCUT2D eigenvalue weighted by Crippen LogP contribution is 2.50. The molecule has 2 aromatic heterocycles. The van der Waals surface area contributed by atoms with Crippen LogP contribution in [0.2, 0.25) is 0 Å². The van der Waals surface area contributed by atoms with Gasteiger partial charge in [-0.1, -0.05) is 52.0 Å². The molecule has 0 saturated heterocycles. The molecule has 5 heteroatoms. The minimum absolute atomic E-state index is 0.146. The van der Waals surface area contributed by atoms with Crippen molar-refractivity contribution >= 4 is 17.9 Å². The first-order valence-corrected chi connectivity index (χ1v) is 14.4. The number of aromatic nitrogens is 2. The van der Waals surface area contributed by atoms with E-state index in [0.29, 0.717) is 5.56 Å². The van der Waals surface area contributed by atoms with E-state index >= 15 is 0 Å². The van der Waals surface area contributed by atoms with Gasteiger partial charge in [-0.05, 0) is 106 Å². The van der Waals surface area contributed by atoms with E-state index in [-0.39, 0.29) is 10.8 Å². The molecule has 0 bridgehead atoms. The molecule has 4 nitrogen and oxygen atoms in total. The zero-order valence-electron chi connectivity index (χ0n) is 22.5. The zero-order valence-corrected chi connectivity index (χ0v) is 23.4. The van der Waals surface area contributed by atoms with Gasteiger partial charge in [-0.2, -0.15) is 0 Å². The van der Waals surface area contributed by atoms with E-state index in [1.807, 2.05) is 30.6 Å². The summed E-state index contributed by atoms with van der Waals surface area (Å²) >= 11 is 1.79. The number of carboxylic acid groups (broad SMARTS) is 1. The average molecular weight is 523 g/mol. The summed E-state index contributed by atoms with van der Waals surface area (Å²) in [6.07, 6.45) is 10.4. The van der Waals surface area contributed by atoms with Crippen LogP contribution < -0.4 is 0 Å². The number of carboxylic acids is 1. The lowest BCUT2D eigenvalue weighted by molar-refractivity contribution is 0.0697. The quantitative estimate of drug-likeness (QED) is 0.288. The van der Waals surface area contributed by atoms with Gasteiger partial charge in [0.15, 0.2) is 0 Å². The fourth-order valence-electron chi connectivity index (χ4n) is 6.17. The normalized spacial score (nSPS) is 16.8. The van der Waals surface area contributed by atoms with E-state index in [0.717, 1.165) is 24.2 Å². The Kier molecular flexibility index (Phi) is 6.03. The molecule has 0 spiro atoms. The standard InChI is InChI=1S/C33H34N2O2S/c1-32(2)13-14-33(3,4)29-17-26-24(16-28(29)32)11-12-25-27(22-7-9-23(10-8-22)31(36)37)19-35(30(25)26)38-20-21-6-5-15-34-18-21/h5-10,15-19H,11-14,20H2,1-4H3,(H,36,37). The van der Waals surface area contributed by atoms with Gasteiger partial charge in [-0.25, -0.2) is 4.79 Å². The maximum Gasteiger partial charge on any atom is 0.335 e. The Balaban J connectivity index is 1.51. The minimum atomic E-state index is -0.896. The van der Waals surface area contributed by atoms with Crippen molar-refractivity contribution in [3.8, 4) is 22.4 Å². The summed E-state index contributed by atoms with van der Waals surface area (Å²) in [4.78, 5) is 15.7. The molecule has 2 aliphatic carbocycles. The van der Waals surface area contributed by atoms with Crippen LogP contribution in [0, 0.1) is 0 Å². The number of carbonyl (C=O) groups is 1. The Morgan fingerprint density at radius 2 is 1.68 bits per heavy atom. The van der Waals surface area contributed by atoms with Crippen LogP contribution in [-0.2, 0) is 29.4 Å². The highest BCUT2D eigenvalue weighted by atomic mass is 32.2. The summed E-state index contributed by atoms with van der Waals surface area (Å²) < 4.78 is 2.36. The Morgan fingerprint density at radius 1 is 0.974 bits per heavy atom. The maximum atomic E-state index is 11.4. The lowest BCUT2D eigenvalue weighted by Crippen LogP contribution is -2.34. The first kappa shape index (κ1) is 25.0. The number of nitrogens with zero attached hydrogens (tertiary/aromatic N) is 2. The third-order valence-corrected chi connectivity index (χ3v) is 9.62. The predicted octanol–water partition coefficient (Wildman–Crippen LogP) is 8.06. The van der Waals surface area contributed by atoms with Gasteiger partial charge < -0.3 is 5.11 Å². The molecular formula is C33H34N2O2S. The molecule has 0 aliphatic heterocycles. The molecule has 0 fully saturated rings. The molecule has 194 valence electrons. The number of aryl methyl sites for hydroxylation is 1. The molecule has 2 heterocycles. The zero-order chi connectivity index (χ0) is 26.7. The van der Waals surface area contributed by atoms with Crippen molar-refractivity contribution in [3.63, 3.8) is 0 Å². The Bertz CT molecular complexity index is 1530. The largest absolute Gasteiger partial charge is 0.478 e. The molecule has 38 heavy (non-hydrogen) atoms. The number of benzene rings is 2. The second-order valence-electron chi connectivity index (χ2n) is 12.0. The summed E-state index contributed by atoms with van der Waals surface area (Å²) in [5.74, 6) is -0.0714. The maximum absolute atomic E-state index is 11.4. The van der Waals surface area contributed by atoms with Crippen LogP contribution in [0.5, 0.6) is 0 Å². The van der Waals surface area contributed by atoms with Crippen LogP contribution in [-0.4, -0.2) is 20.0 Å². The summed E-state index contributed by atoms with van der Waals surface area (Å²) in [6, 6.07) is 16.4. The van der Waals surface area contributed by atoms with Gasteiger partial charge in [0.2, 0.25) is 0 Å². The van der Waals surface area contributed by atoms with E-state index in [4.69, 9.17) is 0 Å². The fourth-order valence-corrected chi connectivity index (χ4v) is 7.15. The van der Waals surface area contributed by atoms with E-state index in [2.05, 4.69) is 61.0 Å². The fraction of sp³-hybridized carbons (Fsp3) is 0.333. The van der Waals surface area contributed by atoms with Crippen molar-refractivity contribution in [2.24, 2.45) is 0 Å². The Morgan fingerprint density at radius 3 is 2.34 bits per heavy atom. The lowest BCUT2D eigenvalue weighted by Gasteiger charge is -2.43. The third kappa shape index (κ3) is 4.27. The molecule has 4 aromatic rings. The van der Waals surface area contributed by atoms with E-state index in [9.17, 15) is 9.90 Å². The van der Waals surface area contributed by atoms with Crippen molar-refractivity contribution in [2.75, 3.05) is 0 Å². The van der Waals surface area contributed by atoms with Crippen molar-refractivity contribution in [3.05, 3.63) is 101 Å². The van der Waals surface area contributed by atoms with Crippen LogP contribution in [0.1, 0.15) is 78.7 Å². The molecule has 0 saturated carbocycles. The van der Waals surface area contributed by atoms with Crippen molar-refractivity contribution < 1.29 is 9.90 Å². The molecule has 0 atom stereocenters. The van der Waals surface area contributed by atoms with Crippen LogP contribution >= 0.6 is 11.9 Å². The average Bonchev–Trinajstić information content (AvgIpc) is 3.29. The van der Waals surface area contributed by atoms with E-state index < -0.39 is 5.97 Å². The second-order valence-corrected chi connectivity index (χ2v) is 13.0. The van der Waals surface area contributed by atoms with Crippen LogP contribution in [0.4, 0.5) is 0 Å². The predicted molar refractivity (Wildman–Crippen MR) is 156 cm³/mol. The molecule has 6 rings (SSSR count). The Hall–Kier alpha value is -3.31. The molecule has 0 amide bonds. The third-order valence-electron chi connectivity index (χ3n) is 8.59. The summed E-state index contributed by atoms with van der Waals surface area (Å²) in [6.45, 7) is 9.58. The van der Waals surface area contributed by atoms with Gasteiger partial charge in [0, 0.05) is 35.5 Å². The number of hydrogen-bond acceptors (Lipinski definition) is 3. The summed E-state index contributed by atoms with van der Waals surface area (Å²) in [5.41, 5.74) is 12.5. The second kappa shape index (κ2) is 9.16. The van der Waals surface area contributed by atoms with Gasteiger partial charge in [-0.15, -0.1) is 0 Å². The number of pyridine rings is 1. The Labute approximate surface area is 229 Å². The van der Waals surface area contributed by atoms with E-state index in [1.165, 1.54) is 57.5 Å². The van der Waals surface area contributed by atoms with Crippen molar-refractivity contribution in [2.45, 2.75) is 70.0 Å². The van der Waals surface area contributed by atoms with Gasteiger partial charge in [0.05, 0.1) is 11.3 Å². The molecule has 0 radical (unpaired) electrons. The monoisotopic (exact) mass is 522 g/mol. The van der Waals surface area contributed by atoms with Gasteiger partial charge in [0.25, 0.3) is 0 Å². The number of rotatable bonds is 5. The summed E-state index contributed by atoms with van der Waals surface area (Å²) in [7, 11) is 0. The van der Waals surface area contributed by atoms with Crippen LogP contribution in [0.25, 0.3) is 22.4 Å². The smallest absolute Gasteiger partial charge is 0.335 e. The number of hydrogen-bond donors (Lipinski definition) is 1. The molecule has 0 unspecified atom stereocenters. The SMILES string of the molecule is CC1(C)CCC(C)(C)c2cc3c(cc21)CCc1c(-c2ccc(C(=O)O)cc2)cn(SCc2cccnc2)c1-3. The topological polar surface area (TPSA) is 55.1 Å². The number of fused-ring (bicyclic) bond motifs is 4. The minimum Gasteiger partial charge on any atom is -0.478 e. The van der Waals surface area contributed by atoms with Gasteiger partial charge >= 0.3 is 5.97 Å². The van der Waals surface area contributed by atoms with Crippen molar-refractivity contribution in [1.29, 1.82) is 0 Å². The highest BCUT2D eigenvalue weighted by molar-refractivity contribution is 7.97. The molecule has 2 aliphatic rings. The first-order chi connectivity index (χ1) is 18.1. The summed E-state index contributed by atoms with van der Waals surface area (Å²) in [5, 5.41) is 9.39. The van der Waals surface area contributed by atoms with Gasteiger partial charge in [-0.3, -0.25) is 8.96 Å². The molecule has 1 N–H and O–H groups in total. The van der Waals surface area contributed by atoms with Gasteiger partial charge in [0.1, 0.15) is 0 Å². The molecule has 2 aromatic carbocycles.